The third-order valence-corrected chi connectivity index (χ3v) is 4.78. The highest BCUT2D eigenvalue weighted by Gasteiger charge is 2.32. The van der Waals surface area contributed by atoms with Crippen LogP contribution in [0.5, 0.6) is 0 Å². The Morgan fingerprint density at radius 1 is 1.07 bits per heavy atom. The summed E-state index contributed by atoms with van der Waals surface area (Å²) in [5.74, 6) is -0.577. The molecule has 2 heterocycles. The van der Waals surface area contributed by atoms with Crippen LogP contribution in [0, 0.1) is 5.92 Å². The predicted molar refractivity (Wildman–Crippen MR) is 99.0 cm³/mol. The Labute approximate surface area is 156 Å². The molecule has 1 saturated heterocycles. The highest BCUT2D eigenvalue weighted by molar-refractivity contribution is 6.00. The molecule has 0 spiro atoms. The van der Waals surface area contributed by atoms with Crippen molar-refractivity contribution < 1.29 is 19.1 Å². The van der Waals surface area contributed by atoms with Crippen LogP contribution in [0.4, 0.5) is 0 Å². The lowest BCUT2D eigenvalue weighted by Gasteiger charge is -2.17. The van der Waals surface area contributed by atoms with Crippen molar-refractivity contribution in [3.05, 3.63) is 66.4 Å². The van der Waals surface area contributed by atoms with Crippen molar-refractivity contribution in [2.75, 3.05) is 13.1 Å². The Hall–Kier alpha value is -3.41. The summed E-state index contributed by atoms with van der Waals surface area (Å²) >= 11 is 0. The Balaban J connectivity index is 1.63. The highest BCUT2D eigenvalue weighted by Crippen LogP contribution is 2.29. The van der Waals surface area contributed by atoms with Gasteiger partial charge in [0.1, 0.15) is 0 Å². The van der Waals surface area contributed by atoms with Crippen LogP contribution < -0.4 is 0 Å². The predicted octanol–water partition coefficient (Wildman–Crippen LogP) is 3.56. The van der Waals surface area contributed by atoms with Crippen LogP contribution in [0.2, 0.25) is 0 Å². The number of hydrogen-bond donors (Lipinski definition) is 1. The summed E-state index contributed by atoms with van der Waals surface area (Å²) in [4.78, 5) is 30.0. The van der Waals surface area contributed by atoms with Gasteiger partial charge in [-0.2, -0.15) is 0 Å². The van der Waals surface area contributed by atoms with Gasteiger partial charge in [-0.05, 0) is 18.6 Å². The second-order valence-electron chi connectivity index (χ2n) is 6.52. The van der Waals surface area contributed by atoms with E-state index in [1.54, 1.807) is 29.3 Å². The van der Waals surface area contributed by atoms with Crippen molar-refractivity contribution in [1.29, 1.82) is 0 Å². The van der Waals surface area contributed by atoms with E-state index in [2.05, 4.69) is 4.98 Å². The van der Waals surface area contributed by atoms with Crippen LogP contribution in [-0.4, -0.2) is 40.0 Å². The zero-order valence-corrected chi connectivity index (χ0v) is 14.5. The van der Waals surface area contributed by atoms with Crippen LogP contribution >= 0.6 is 0 Å². The molecule has 1 aliphatic rings. The molecule has 6 heteroatoms. The molecule has 1 atom stereocenters. The fourth-order valence-corrected chi connectivity index (χ4v) is 3.31. The standard InChI is InChI=1S/C21H18N2O4/c24-20(23-11-10-15(13-23)21(25)26)17-9-5-4-8-16(17)19-22-12-18(27-19)14-6-2-1-3-7-14/h1-9,12,15H,10-11,13H2,(H,25,26)/t15-/m1/s1. The van der Waals surface area contributed by atoms with E-state index in [1.807, 2.05) is 36.4 Å². The van der Waals surface area contributed by atoms with E-state index in [0.717, 1.165) is 5.56 Å². The zero-order valence-electron chi connectivity index (χ0n) is 14.5. The van der Waals surface area contributed by atoms with Crippen molar-refractivity contribution in [1.82, 2.24) is 9.88 Å². The van der Waals surface area contributed by atoms with E-state index in [4.69, 9.17) is 9.52 Å². The lowest BCUT2D eigenvalue weighted by Crippen LogP contribution is -2.30. The molecule has 1 aliphatic heterocycles. The summed E-state index contributed by atoms with van der Waals surface area (Å²) < 4.78 is 5.89. The number of carbonyl (C=O) groups excluding carboxylic acids is 1. The summed E-state index contributed by atoms with van der Waals surface area (Å²) in [5.41, 5.74) is 1.97. The van der Waals surface area contributed by atoms with Gasteiger partial charge in [0.2, 0.25) is 5.89 Å². The van der Waals surface area contributed by atoms with E-state index >= 15 is 0 Å². The van der Waals surface area contributed by atoms with E-state index in [-0.39, 0.29) is 12.5 Å². The maximum atomic E-state index is 12.9. The molecular weight excluding hydrogens is 344 g/mol. The van der Waals surface area contributed by atoms with E-state index < -0.39 is 11.9 Å². The monoisotopic (exact) mass is 362 g/mol. The van der Waals surface area contributed by atoms with E-state index in [0.29, 0.717) is 35.7 Å². The molecule has 1 fully saturated rings. The van der Waals surface area contributed by atoms with Crippen molar-refractivity contribution in [3.8, 4) is 22.8 Å². The lowest BCUT2D eigenvalue weighted by molar-refractivity contribution is -0.141. The molecule has 27 heavy (non-hydrogen) atoms. The van der Waals surface area contributed by atoms with Gasteiger partial charge in [0, 0.05) is 24.2 Å². The first-order valence-corrected chi connectivity index (χ1v) is 8.76. The molecule has 6 nitrogen and oxygen atoms in total. The summed E-state index contributed by atoms with van der Waals surface area (Å²) in [6.45, 7) is 0.661. The van der Waals surface area contributed by atoms with Gasteiger partial charge in [-0.25, -0.2) is 4.98 Å². The maximum absolute atomic E-state index is 12.9. The second kappa shape index (κ2) is 7.07. The molecule has 1 aromatic heterocycles. The van der Waals surface area contributed by atoms with E-state index in [9.17, 15) is 9.59 Å². The largest absolute Gasteiger partial charge is 0.481 e. The van der Waals surface area contributed by atoms with Gasteiger partial charge in [-0.3, -0.25) is 9.59 Å². The van der Waals surface area contributed by atoms with Gasteiger partial charge < -0.3 is 14.4 Å². The van der Waals surface area contributed by atoms with Crippen molar-refractivity contribution in [2.45, 2.75) is 6.42 Å². The van der Waals surface area contributed by atoms with Gasteiger partial charge in [0.15, 0.2) is 5.76 Å². The van der Waals surface area contributed by atoms with Crippen LogP contribution in [-0.2, 0) is 4.79 Å². The summed E-state index contributed by atoms with van der Waals surface area (Å²) in [5, 5.41) is 9.16. The summed E-state index contributed by atoms with van der Waals surface area (Å²) in [6.07, 6.45) is 2.11. The molecule has 136 valence electrons. The number of rotatable bonds is 4. The molecule has 0 radical (unpaired) electrons. The van der Waals surface area contributed by atoms with Gasteiger partial charge in [0.05, 0.1) is 17.7 Å². The number of aromatic nitrogens is 1. The van der Waals surface area contributed by atoms with Gasteiger partial charge in [0.25, 0.3) is 5.91 Å². The SMILES string of the molecule is O=C(O)[C@@H]1CCN(C(=O)c2ccccc2-c2ncc(-c3ccccc3)o2)C1. The lowest BCUT2D eigenvalue weighted by atomic mass is 10.1. The first kappa shape index (κ1) is 17.0. The molecule has 0 aliphatic carbocycles. The first-order chi connectivity index (χ1) is 13.1. The smallest absolute Gasteiger partial charge is 0.308 e. The quantitative estimate of drug-likeness (QED) is 0.767. The Morgan fingerprint density at radius 2 is 1.81 bits per heavy atom. The van der Waals surface area contributed by atoms with Crippen LogP contribution in [0.15, 0.2) is 65.2 Å². The number of amides is 1. The molecule has 0 unspecified atom stereocenters. The van der Waals surface area contributed by atoms with Crippen LogP contribution in [0.1, 0.15) is 16.8 Å². The highest BCUT2D eigenvalue weighted by atomic mass is 16.4. The third kappa shape index (κ3) is 3.33. The molecule has 2 aromatic carbocycles. The van der Waals surface area contributed by atoms with Crippen LogP contribution in [0.3, 0.4) is 0 Å². The third-order valence-electron chi connectivity index (χ3n) is 4.78. The average Bonchev–Trinajstić information content (AvgIpc) is 3.38. The molecule has 4 rings (SSSR count). The second-order valence-corrected chi connectivity index (χ2v) is 6.52. The molecule has 3 aromatic rings. The topological polar surface area (TPSA) is 83.6 Å². The fraction of sp³-hybridized carbons (Fsp3) is 0.190. The Kier molecular flexibility index (Phi) is 4.46. The molecule has 0 bridgehead atoms. The number of oxazole rings is 1. The van der Waals surface area contributed by atoms with Gasteiger partial charge in [-0.1, -0.05) is 42.5 Å². The summed E-state index contributed by atoms with van der Waals surface area (Å²) in [7, 11) is 0. The minimum atomic E-state index is -0.862. The van der Waals surface area contributed by atoms with Gasteiger partial charge >= 0.3 is 5.97 Å². The van der Waals surface area contributed by atoms with Crippen molar-refractivity contribution >= 4 is 11.9 Å². The minimum absolute atomic E-state index is 0.200. The first-order valence-electron chi connectivity index (χ1n) is 8.76. The van der Waals surface area contributed by atoms with Crippen molar-refractivity contribution in [2.24, 2.45) is 5.92 Å². The molecular formula is C21H18N2O4. The van der Waals surface area contributed by atoms with Crippen LogP contribution in [0.25, 0.3) is 22.8 Å². The Morgan fingerprint density at radius 3 is 2.56 bits per heavy atom. The number of carboxylic acids is 1. The fourth-order valence-electron chi connectivity index (χ4n) is 3.31. The maximum Gasteiger partial charge on any atom is 0.308 e. The minimum Gasteiger partial charge on any atom is -0.481 e. The van der Waals surface area contributed by atoms with Crippen molar-refractivity contribution in [3.63, 3.8) is 0 Å². The number of benzene rings is 2. The number of nitrogens with zero attached hydrogens (tertiary/aromatic N) is 2. The zero-order chi connectivity index (χ0) is 18.8. The molecule has 1 amide bonds. The van der Waals surface area contributed by atoms with Gasteiger partial charge in [-0.15, -0.1) is 0 Å². The number of likely N-dealkylation sites (tertiary alicyclic amines) is 1. The average molecular weight is 362 g/mol. The number of hydrogen-bond acceptors (Lipinski definition) is 4. The summed E-state index contributed by atoms with van der Waals surface area (Å²) in [6, 6.07) is 16.7. The molecule has 0 saturated carbocycles. The normalized spacial score (nSPS) is 16.4. The van der Waals surface area contributed by atoms with E-state index in [1.165, 1.54) is 0 Å². The Bertz CT molecular complexity index is 981. The number of carboxylic acid groups (broad SMARTS) is 1. The molecule has 1 N–H and O–H groups in total. The number of carbonyl (C=O) groups is 2. The number of aliphatic carboxylic acids is 1.